The van der Waals surface area contributed by atoms with Crippen molar-refractivity contribution >= 4 is 11.2 Å². The number of nitrogens with zero attached hydrogens (tertiary/aromatic N) is 7. The van der Waals surface area contributed by atoms with Gasteiger partial charge < -0.3 is 4.57 Å². The van der Waals surface area contributed by atoms with Gasteiger partial charge in [0.1, 0.15) is 5.82 Å². The van der Waals surface area contributed by atoms with Crippen molar-refractivity contribution in [3.63, 3.8) is 0 Å². The van der Waals surface area contributed by atoms with E-state index in [1.54, 1.807) is 4.57 Å². The Morgan fingerprint density at radius 1 is 0.974 bits per heavy atom. The third kappa shape index (κ3) is 4.71. The fourth-order valence-electron chi connectivity index (χ4n) is 5.20. The highest BCUT2D eigenvalue weighted by Gasteiger charge is 2.27. The van der Waals surface area contributed by atoms with Crippen LogP contribution in [0.4, 0.5) is 0 Å². The number of aromatic amines is 1. The average Bonchev–Trinajstić information content (AvgIpc) is 3.45. The lowest BCUT2D eigenvalue weighted by Gasteiger charge is -2.14. The van der Waals surface area contributed by atoms with Crippen LogP contribution in [0.1, 0.15) is 45.0 Å². The Morgan fingerprint density at radius 2 is 1.72 bits per heavy atom. The number of tetrazole rings is 1. The van der Waals surface area contributed by atoms with Crippen molar-refractivity contribution in [1.82, 2.24) is 39.3 Å². The Balaban J connectivity index is 1.42. The molecule has 0 aliphatic heterocycles. The van der Waals surface area contributed by atoms with Crippen molar-refractivity contribution < 1.29 is 0 Å². The van der Waals surface area contributed by atoms with E-state index in [1.807, 2.05) is 49.6 Å². The van der Waals surface area contributed by atoms with Gasteiger partial charge >= 0.3 is 5.69 Å². The number of fused-ring (bicyclic) bond motifs is 1. The molecule has 0 saturated heterocycles. The van der Waals surface area contributed by atoms with Crippen molar-refractivity contribution in [2.24, 2.45) is 11.8 Å². The molecule has 1 aliphatic rings. The first kappa shape index (κ1) is 25.0. The van der Waals surface area contributed by atoms with E-state index in [2.05, 4.69) is 44.9 Å². The number of rotatable bonds is 9. The van der Waals surface area contributed by atoms with Gasteiger partial charge in [-0.3, -0.25) is 13.9 Å². The molecule has 3 aromatic heterocycles. The summed E-state index contributed by atoms with van der Waals surface area (Å²) in [5.74, 6) is 2.00. The SMILES string of the molecule is CCc1nc2c(c(=O)n(CC(C)C)c(=O)n2CC2CC2)n1Cc1ccc(-c2ccccc2-c2nn[nH]n2)cc1. The topological polar surface area (TPSA) is 116 Å². The zero-order chi connectivity index (χ0) is 27.1. The van der Waals surface area contributed by atoms with Crippen LogP contribution in [0.3, 0.4) is 0 Å². The highest BCUT2D eigenvalue weighted by molar-refractivity contribution is 5.80. The zero-order valence-electron chi connectivity index (χ0n) is 22.5. The number of H-pyrrole nitrogens is 1. The van der Waals surface area contributed by atoms with E-state index in [9.17, 15) is 9.59 Å². The quantitative estimate of drug-likeness (QED) is 0.313. The average molecular weight is 525 g/mol. The first-order chi connectivity index (χ1) is 18.9. The van der Waals surface area contributed by atoms with Crippen LogP contribution in [0.15, 0.2) is 58.1 Å². The number of imidazole rings is 1. The van der Waals surface area contributed by atoms with Crippen LogP contribution in [0.25, 0.3) is 33.7 Å². The van der Waals surface area contributed by atoms with Crippen molar-refractivity contribution in [3.8, 4) is 22.5 Å². The van der Waals surface area contributed by atoms with Crippen LogP contribution >= 0.6 is 0 Å². The number of aromatic nitrogens is 8. The summed E-state index contributed by atoms with van der Waals surface area (Å²) in [5.41, 5.74) is 4.50. The molecular weight excluding hydrogens is 492 g/mol. The summed E-state index contributed by atoms with van der Waals surface area (Å²) in [7, 11) is 0. The predicted octanol–water partition coefficient (Wildman–Crippen LogP) is 3.88. The Bertz CT molecular complexity index is 1740. The maximum Gasteiger partial charge on any atom is 0.332 e. The summed E-state index contributed by atoms with van der Waals surface area (Å²) >= 11 is 0. The summed E-state index contributed by atoms with van der Waals surface area (Å²) in [5, 5.41) is 14.5. The molecule has 10 heteroatoms. The van der Waals surface area contributed by atoms with Gasteiger partial charge in [0, 0.05) is 31.6 Å². The molecule has 0 radical (unpaired) electrons. The minimum Gasteiger partial charge on any atom is -0.318 e. The molecule has 0 spiro atoms. The van der Waals surface area contributed by atoms with Crippen molar-refractivity contribution in [3.05, 3.63) is 80.8 Å². The molecule has 3 heterocycles. The molecular formula is C29H32N8O2. The molecule has 200 valence electrons. The number of hydrogen-bond donors (Lipinski definition) is 1. The monoisotopic (exact) mass is 524 g/mol. The fraction of sp³-hybridized carbons (Fsp3) is 0.379. The van der Waals surface area contributed by atoms with Gasteiger partial charge in [0.05, 0.1) is 0 Å². The van der Waals surface area contributed by atoms with Gasteiger partial charge in [-0.1, -0.05) is 69.3 Å². The molecule has 1 saturated carbocycles. The van der Waals surface area contributed by atoms with E-state index in [-0.39, 0.29) is 17.2 Å². The third-order valence-electron chi connectivity index (χ3n) is 7.31. The minimum absolute atomic E-state index is 0.173. The Morgan fingerprint density at radius 3 is 2.36 bits per heavy atom. The van der Waals surface area contributed by atoms with Crippen LogP contribution in [0.2, 0.25) is 0 Å². The maximum atomic E-state index is 13.7. The van der Waals surface area contributed by atoms with E-state index in [0.717, 1.165) is 40.9 Å². The Hall–Kier alpha value is -4.34. The smallest absolute Gasteiger partial charge is 0.318 e. The van der Waals surface area contributed by atoms with Gasteiger partial charge in [0.25, 0.3) is 5.56 Å². The first-order valence-electron chi connectivity index (χ1n) is 13.6. The van der Waals surface area contributed by atoms with Crippen LogP contribution in [0, 0.1) is 11.8 Å². The van der Waals surface area contributed by atoms with E-state index < -0.39 is 0 Å². The summed E-state index contributed by atoms with van der Waals surface area (Å²) in [6.45, 7) is 7.57. The molecule has 0 bridgehead atoms. The highest BCUT2D eigenvalue weighted by Crippen LogP contribution is 2.32. The number of benzene rings is 2. The molecule has 6 rings (SSSR count). The van der Waals surface area contributed by atoms with Gasteiger partial charge in [-0.05, 0) is 46.6 Å². The van der Waals surface area contributed by atoms with Crippen LogP contribution < -0.4 is 11.2 Å². The Kier molecular flexibility index (Phi) is 6.46. The lowest BCUT2D eigenvalue weighted by atomic mass is 9.98. The van der Waals surface area contributed by atoms with Gasteiger partial charge in [-0.2, -0.15) is 5.21 Å². The van der Waals surface area contributed by atoms with Gasteiger partial charge in [-0.25, -0.2) is 9.78 Å². The van der Waals surface area contributed by atoms with Crippen molar-refractivity contribution in [2.75, 3.05) is 0 Å². The molecule has 1 aliphatic carbocycles. The summed E-state index contributed by atoms with van der Waals surface area (Å²) < 4.78 is 5.15. The molecule has 2 aromatic carbocycles. The molecule has 1 fully saturated rings. The number of aryl methyl sites for hydroxylation is 1. The second kappa shape index (κ2) is 10.1. The second-order valence-corrected chi connectivity index (χ2v) is 10.8. The highest BCUT2D eigenvalue weighted by atomic mass is 16.2. The maximum absolute atomic E-state index is 13.7. The lowest BCUT2D eigenvalue weighted by Crippen LogP contribution is -2.42. The molecule has 0 unspecified atom stereocenters. The van der Waals surface area contributed by atoms with E-state index >= 15 is 0 Å². The number of nitrogens with one attached hydrogen (secondary N) is 1. The fourth-order valence-corrected chi connectivity index (χ4v) is 5.20. The molecule has 0 atom stereocenters. The van der Waals surface area contributed by atoms with Gasteiger partial charge in [0.15, 0.2) is 11.2 Å². The molecule has 39 heavy (non-hydrogen) atoms. The predicted molar refractivity (Wildman–Crippen MR) is 149 cm³/mol. The van der Waals surface area contributed by atoms with Crippen molar-refractivity contribution in [2.45, 2.75) is 59.7 Å². The van der Waals surface area contributed by atoms with E-state index in [4.69, 9.17) is 4.98 Å². The molecule has 5 aromatic rings. The molecule has 0 amide bonds. The summed E-state index contributed by atoms with van der Waals surface area (Å²) in [4.78, 5) is 32.0. The second-order valence-electron chi connectivity index (χ2n) is 10.8. The van der Waals surface area contributed by atoms with Gasteiger partial charge in [0.2, 0.25) is 5.82 Å². The van der Waals surface area contributed by atoms with Crippen molar-refractivity contribution in [1.29, 1.82) is 0 Å². The first-order valence-corrected chi connectivity index (χ1v) is 13.6. The summed E-state index contributed by atoms with van der Waals surface area (Å²) in [6, 6.07) is 16.2. The molecule has 1 N–H and O–H groups in total. The third-order valence-corrected chi connectivity index (χ3v) is 7.31. The van der Waals surface area contributed by atoms with Crippen LogP contribution in [-0.2, 0) is 26.1 Å². The summed E-state index contributed by atoms with van der Waals surface area (Å²) in [6.07, 6.45) is 2.88. The van der Waals surface area contributed by atoms with Gasteiger partial charge in [-0.15, -0.1) is 10.2 Å². The van der Waals surface area contributed by atoms with E-state index in [1.165, 1.54) is 4.57 Å². The Labute approximate surface area is 225 Å². The molecule has 10 nitrogen and oxygen atoms in total. The number of hydrogen-bond acceptors (Lipinski definition) is 6. The minimum atomic E-state index is -0.256. The van der Waals surface area contributed by atoms with Crippen LogP contribution in [0.5, 0.6) is 0 Å². The zero-order valence-corrected chi connectivity index (χ0v) is 22.5. The normalized spacial score (nSPS) is 13.5. The lowest BCUT2D eigenvalue weighted by molar-refractivity contribution is 0.468. The largest absolute Gasteiger partial charge is 0.332 e. The standard InChI is InChI=1S/C29H32N8O2/c1-4-24-30-27-25(28(38)37(15-18(2)3)29(39)36(27)17-19-9-10-19)35(24)16-20-11-13-21(14-12-20)22-7-5-6-8-23(22)26-31-33-34-32-26/h5-8,11-14,18-19H,4,9-10,15-17H2,1-3H3,(H,31,32,33,34). The van der Waals surface area contributed by atoms with E-state index in [0.29, 0.717) is 49.0 Å². The van der Waals surface area contributed by atoms with Crippen LogP contribution in [-0.4, -0.2) is 39.3 Å².